The van der Waals surface area contributed by atoms with Gasteiger partial charge in [0.05, 0.1) is 30.9 Å². The van der Waals surface area contributed by atoms with E-state index in [1.165, 1.54) is 0 Å². The molecule has 0 radical (unpaired) electrons. The Bertz CT molecular complexity index is 819. The number of furan rings is 1. The molecule has 1 aliphatic rings. The molecule has 1 aromatic heterocycles. The highest BCUT2D eigenvalue weighted by Crippen LogP contribution is 2.20. The van der Waals surface area contributed by atoms with Crippen molar-refractivity contribution in [1.29, 1.82) is 0 Å². The van der Waals surface area contributed by atoms with Crippen molar-refractivity contribution in [2.24, 2.45) is 0 Å². The maximum atomic E-state index is 12.4. The summed E-state index contributed by atoms with van der Waals surface area (Å²) in [5, 5.41) is 2.86. The van der Waals surface area contributed by atoms with Crippen molar-refractivity contribution in [1.82, 2.24) is 4.90 Å². The molecular weight excluding hydrogens is 455 g/mol. The van der Waals surface area contributed by atoms with Crippen LogP contribution >= 0.6 is 22.6 Å². The van der Waals surface area contributed by atoms with Crippen molar-refractivity contribution in [2.45, 2.75) is 19.0 Å². The highest BCUT2D eigenvalue weighted by atomic mass is 127. The first-order valence-electron chi connectivity index (χ1n) is 7.93. The van der Waals surface area contributed by atoms with E-state index in [9.17, 15) is 13.2 Å². The van der Waals surface area contributed by atoms with Crippen LogP contribution < -0.4 is 5.32 Å². The number of benzene rings is 1. The van der Waals surface area contributed by atoms with Gasteiger partial charge in [0.25, 0.3) is 0 Å². The van der Waals surface area contributed by atoms with E-state index in [4.69, 9.17) is 4.42 Å². The second kappa shape index (κ2) is 7.88. The summed E-state index contributed by atoms with van der Waals surface area (Å²) in [5.74, 6) is 0.804. The Balaban J connectivity index is 1.68. The number of carbonyl (C=O) groups is 1. The standard InChI is InChI=1S/C17H19IN2O4S/c18-13-3-5-14(6-4-13)19-17(21)11-20(10-16-2-1-8-24-16)15-7-9-25(22,23)12-15/h1-6,8,15H,7,9-12H2,(H,19,21)/t15-/m1/s1. The number of hydrogen-bond donors (Lipinski definition) is 1. The van der Waals surface area contributed by atoms with Crippen molar-refractivity contribution in [2.75, 3.05) is 23.4 Å². The number of amides is 1. The lowest BCUT2D eigenvalue weighted by Crippen LogP contribution is -2.41. The van der Waals surface area contributed by atoms with Crippen LogP contribution in [-0.2, 0) is 21.2 Å². The third-order valence-corrected chi connectivity index (χ3v) is 6.61. The van der Waals surface area contributed by atoms with E-state index < -0.39 is 9.84 Å². The maximum absolute atomic E-state index is 12.4. The van der Waals surface area contributed by atoms with Crippen molar-refractivity contribution < 1.29 is 17.6 Å². The predicted molar refractivity (Wildman–Crippen MR) is 104 cm³/mol. The molecule has 1 N–H and O–H groups in total. The first kappa shape index (κ1) is 18.4. The number of hydrogen-bond acceptors (Lipinski definition) is 5. The van der Waals surface area contributed by atoms with Crippen molar-refractivity contribution in [3.05, 3.63) is 52.0 Å². The average molecular weight is 474 g/mol. The van der Waals surface area contributed by atoms with Gasteiger partial charge < -0.3 is 9.73 Å². The van der Waals surface area contributed by atoms with Gasteiger partial charge in [0.15, 0.2) is 9.84 Å². The van der Waals surface area contributed by atoms with Crippen LogP contribution in [0.2, 0.25) is 0 Å². The lowest BCUT2D eigenvalue weighted by Gasteiger charge is -2.26. The summed E-state index contributed by atoms with van der Waals surface area (Å²) >= 11 is 2.20. The molecule has 0 aliphatic carbocycles. The largest absolute Gasteiger partial charge is 0.468 e. The number of nitrogens with one attached hydrogen (secondary N) is 1. The Morgan fingerprint density at radius 1 is 1.28 bits per heavy atom. The van der Waals surface area contributed by atoms with Crippen LogP contribution in [0.25, 0.3) is 0 Å². The summed E-state index contributed by atoms with van der Waals surface area (Å²) in [6, 6.07) is 11.0. The molecule has 0 bridgehead atoms. The van der Waals surface area contributed by atoms with Gasteiger partial charge in [-0.2, -0.15) is 0 Å². The molecule has 2 heterocycles. The molecule has 1 aromatic carbocycles. The minimum absolute atomic E-state index is 0.0878. The first-order valence-corrected chi connectivity index (χ1v) is 10.8. The van der Waals surface area contributed by atoms with Crippen molar-refractivity contribution in [3.8, 4) is 0 Å². The summed E-state index contributed by atoms with van der Waals surface area (Å²) in [6.45, 7) is 0.528. The van der Waals surface area contributed by atoms with E-state index in [0.29, 0.717) is 18.7 Å². The molecule has 1 aliphatic heterocycles. The Labute approximate surface area is 160 Å². The van der Waals surface area contributed by atoms with E-state index in [2.05, 4.69) is 27.9 Å². The molecule has 6 nitrogen and oxygen atoms in total. The number of rotatable bonds is 6. The molecule has 8 heteroatoms. The van der Waals surface area contributed by atoms with Crippen LogP contribution in [0, 0.1) is 3.57 Å². The Kier molecular flexibility index (Phi) is 5.80. The van der Waals surface area contributed by atoms with Gasteiger partial charge in [-0.3, -0.25) is 9.69 Å². The van der Waals surface area contributed by atoms with Crippen LogP contribution in [0.1, 0.15) is 12.2 Å². The molecule has 2 aromatic rings. The topological polar surface area (TPSA) is 79.6 Å². The highest BCUT2D eigenvalue weighted by molar-refractivity contribution is 14.1. The molecule has 1 fully saturated rings. The Morgan fingerprint density at radius 2 is 2.04 bits per heavy atom. The van der Waals surface area contributed by atoms with Gasteiger partial charge >= 0.3 is 0 Å². The van der Waals surface area contributed by atoms with Gasteiger partial charge in [-0.15, -0.1) is 0 Å². The first-order chi connectivity index (χ1) is 11.9. The zero-order valence-electron chi connectivity index (χ0n) is 13.5. The molecule has 1 saturated heterocycles. The minimum Gasteiger partial charge on any atom is -0.468 e. The van der Waals surface area contributed by atoms with Crippen LogP contribution in [0.4, 0.5) is 5.69 Å². The third kappa shape index (κ3) is 5.29. The normalized spacial score (nSPS) is 19.2. The summed E-state index contributed by atoms with van der Waals surface area (Å²) < 4.78 is 30.1. The molecule has 0 unspecified atom stereocenters. The SMILES string of the molecule is O=C(CN(Cc1ccco1)[C@@H]1CCS(=O)(=O)C1)Nc1ccc(I)cc1. The van der Waals surface area contributed by atoms with Gasteiger partial charge in [-0.1, -0.05) is 0 Å². The Hall–Kier alpha value is -1.39. The maximum Gasteiger partial charge on any atom is 0.238 e. The third-order valence-electron chi connectivity index (χ3n) is 4.14. The average Bonchev–Trinajstić information content (AvgIpc) is 3.18. The molecule has 3 rings (SSSR count). The minimum atomic E-state index is -3.02. The summed E-state index contributed by atoms with van der Waals surface area (Å²) in [7, 11) is -3.02. The van der Waals surface area contributed by atoms with Gasteiger partial charge in [0, 0.05) is 15.3 Å². The molecule has 0 spiro atoms. The predicted octanol–water partition coefficient (Wildman–Crippen LogP) is 2.51. The fourth-order valence-electron chi connectivity index (χ4n) is 2.90. The lowest BCUT2D eigenvalue weighted by molar-refractivity contribution is -0.118. The van der Waals surface area contributed by atoms with Crippen LogP contribution in [0.3, 0.4) is 0 Å². The van der Waals surface area contributed by atoms with E-state index in [0.717, 1.165) is 9.26 Å². The second-order valence-corrected chi connectivity index (χ2v) is 9.57. The molecule has 134 valence electrons. The van der Waals surface area contributed by atoms with Crippen LogP contribution in [-0.4, -0.2) is 43.3 Å². The smallest absolute Gasteiger partial charge is 0.238 e. The van der Waals surface area contributed by atoms with Crippen LogP contribution in [0.15, 0.2) is 47.1 Å². The molecular formula is C17H19IN2O4S. The van der Waals surface area contributed by atoms with E-state index in [1.54, 1.807) is 12.3 Å². The summed E-state index contributed by atoms with van der Waals surface area (Å²) in [4.78, 5) is 14.3. The van der Waals surface area contributed by atoms with Gasteiger partial charge in [-0.25, -0.2) is 8.42 Å². The molecule has 0 saturated carbocycles. The second-order valence-electron chi connectivity index (χ2n) is 6.10. The quantitative estimate of drug-likeness (QED) is 0.652. The van der Waals surface area contributed by atoms with Crippen molar-refractivity contribution in [3.63, 3.8) is 0 Å². The molecule has 1 amide bonds. The van der Waals surface area contributed by atoms with Crippen molar-refractivity contribution >= 4 is 44.0 Å². The fourth-order valence-corrected chi connectivity index (χ4v) is 5.02. The number of carbonyl (C=O) groups excluding carboxylic acids is 1. The fraction of sp³-hybridized carbons (Fsp3) is 0.353. The monoisotopic (exact) mass is 474 g/mol. The van der Waals surface area contributed by atoms with Crippen LogP contribution in [0.5, 0.6) is 0 Å². The van der Waals surface area contributed by atoms with E-state index in [-0.39, 0.29) is 30.0 Å². The van der Waals surface area contributed by atoms with Gasteiger partial charge in [0.2, 0.25) is 5.91 Å². The summed E-state index contributed by atoms with van der Waals surface area (Å²) in [6.07, 6.45) is 2.12. The molecule has 25 heavy (non-hydrogen) atoms. The lowest BCUT2D eigenvalue weighted by atomic mass is 10.2. The number of anilines is 1. The Morgan fingerprint density at radius 3 is 2.64 bits per heavy atom. The zero-order valence-corrected chi connectivity index (χ0v) is 16.5. The highest BCUT2D eigenvalue weighted by Gasteiger charge is 2.33. The number of sulfone groups is 1. The number of nitrogens with zero attached hydrogens (tertiary/aromatic N) is 1. The van der Waals surface area contributed by atoms with Gasteiger partial charge in [0.1, 0.15) is 5.76 Å². The summed E-state index contributed by atoms with van der Waals surface area (Å²) in [5.41, 5.74) is 0.724. The zero-order chi connectivity index (χ0) is 17.9. The van der Waals surface area contributed by atoms with E-state index >= 15 is 0 Å². The van der Waals surface area contributed by atoms with Gasteiger partial charge in [-0.05, 0) is 65.4 Å². The van der Waals surface area contributed by atoms with E-state index in [1.807, 2.05) is 35.2 Å². The number of halogens is 1. The molecule has 1 atom stereocenters.